The topological polar surface area (TPSA) is 26.3 Å². The molecule has 0 spiro atoms. The van der Waals surface area contributed by atoms with E-state index in [2.05, 4.69) is 17.4 Å². The minimum atomic E-state index is -1.23. The second-order valence-electron chi connectivity index (χ2n) is 3.24. The van der Waals surface area contributed by atoms with Crippen LogP contribution in [0.5, 0.6) is 0 Å². The first-order chi connectivity index (χ1) is 7.06. The molecule has 0 bridgehead atoms. The number of hydrogen-bond acceptors (Lipinski definition) is 3. The van der Waals surface area contributed by atoms with E-state index >= 15 is 0 Å². The molecule has 82 valence electrons. The number of alkyl halides is 1. The van der Waals surface area contributed by atoms with Gasteiger partial charge >= 0.3 is 5.97 Å². The summed E-state index contributed by atoms with van der Waals surface area (Å²) >= 11 is 10.0. The second kappa shape index (κ2) is 5.42. The highest BCUT2D eigenvalue weighted by molar-refractivity contribution is 7.84. The van der Waals surface area contributed by atoms with Gasteiger partial charge in [0.2, 0.25) is 0 Å². The third-order valence-corrected chi connectivity index (χ3v) is 2.84. The number of halogens is 1. The molecule has 1 unspecified atom stereocenters. The molecule has 0 N–H and O–H groups in total. The molecule has 1 atom stereocenters. The maximum Gasteiger partial charge on any atom is 0.337 e. The summed E-state index contributed by atoms with van der Waals surface area (Å²) in [6, 6.07) is 9.80. The largest absolute Gasteiger partial charge is 0.467 e. The average Bonchev–Trinajstić information content (AvgIpc) is 2.27. The van der Waals surface area contributed by atoms with Gasteiger partial charge in [0.1, 0.15) is 0 Å². The molecule has 0 amide bonds. The fraction of sp³-hybridized carbons (Fsp3) is 0.364. The number of carbonyl (C=O) groups excluding carboxylic acids is 1. The first-order valence-corrected chi connectivity index (χ1v) is 5.42. The Bertz CT molecular complexity index is 325. The van der Waals surface area contributed by atoms with Crippen LogP contribution in [0.1, 0.15) is 12.0 Å². The number of carbonyl (C=O) groups is 1. The summed E-state index contributed by atoms with van der Waals surface area (Å²) in [4.78, 5) is 11.2. The lowest BCUT2D eigenvalue weighted by atomic mass is 10.1. The maximum absolute atomic E-state index is 11.2. The van der Waals surface area contributed by atoms with Crippen LogP contribution in [0.4, 0.5) is 0 Å². The molecule has 15 heavy (non-hydrogen) atoms. The lowest BCUT2D eigenvalue weighted by Gasteiger charge is -2.17. The molecule has 0 radical (unpaired) electrons. The third kappa shape index (κ3) is 3.76. The Kier molecular flexibility index (Phi) is 4.48. The summed E-state index contributed by atoms with van der Waals surface area (Å²) in [7, 11) is 1.30. The Morgan fingerprint density at radius 2 is 2.07 bits per heavy atom. The van der Waals surface area contributed by atoms with Crippen LogP contribution in [-0.4, -0.2) is 17.3 Å². The Balaban J connectivity index is 2.53. The molecular weight excluding hydrogens is 232 g/mol. The first-order valence-electron chi connectivity index (χ1n) is 4.60. The van der Waals surface area contributed by atoms with Crippen molar-refractivity contribution in [3.63, 3.8) is 0 Å². The highest BCUT2D eigenvalue weighted by Crippen LogP contribution is 2.27. The van der Waals surface area contributed by atoms with Crippen molar-refractivity contribution in [3.05, 3.63) is 35.9 Å². The van der Waals surface area contributed by atoms with Gasteiger partial charge in [-0.05, 0) is 18.4 Å². The molecule has 0 aliphatic heterocycles. The summed E-state index contributed by atoms with van der Waals surface area (Å²) in [5.74, 6) is -0.511. The summed E-state index contributed by atoms with van der Waals surface area (Å²) < 4.78 is 3.32. The number of ether oxygens (including phenoxy) is 1. The number of hydrogen-bond donors (Lipinski definition) is 1. The normalized spacial score (nSPS) is 14.3. The minimum absolute atomic E-state index is 0.439. The van der Waals surface area contributed by atoms with Crippen LogP contribution >= 0.6 is 24.2 Å². The SMILES string of the molecule is COC(=O)C(S)(Cl)CCc1ccccc1. The van der Waals surface area contributed by atoms with Crippen molar-refractivity contribution in [1.82, 2.24) is 0 Å². The number of methoxy groups -OCH3 is 1. The van der Waals surface area contributed by atoms with Crippen molar-refractivity contribution in [2.75, 3.05) is 7.11 Å². The van der Waals surface area contributed by atoms with Crippen molar-refractivity contribution in [2.24, 2.45) is 0 Å². The van der Waals surface area contributed by atoms with Gasteiger partial charge in [-0.25, -0.2) is 4.79 Å². The molecule has 4 heteroatoms. The minimum Gasteiger partial charge on any atom is -0.467 e. The Hall–Kier alpha value is -0.670. The molecular formula is C11H13ClO2S. The zero-order valence-corrected chi connectivity index (χ0v) is 10.1. The molecule has 0 aromatic heterocycles. The number of thiol groups is 1. The predicted octanol–water partition coefficient (Wildman–Crippen LogP) is 2.66. The maximum atomic E-state index is 11.2. The van der Waals surface area contributed by atoms with Crippen molar-refractivity contribution >= 4 is 30.2 Å². The van der Waals surface area contributed by atoms with Crippen LogP contribution in [0, 0.1) is 0 Å². The van der Waals surface area contributed by atoms with E-state index in [9.17, 15) is 4.79 Å². The smallest absolute Gasteiger partial charge is 0.337 e. The molecule has 1 rings (SSSR count). The number of rotatable bonds is 4. The Labute approximate surface area is 100.0 Å². The lowest BCUT2D eigenvalue weighted by molar-refractivity contribution is -0.141. The lowest BCUT2D eigenvalue weighted by Crippen LogP contribution is -2.28. The number of aryl methyl sites for hydroxylation is 1. The first kappa shape index (κ1) is 12.4. The van der Waals surface area contributed by atoms with Crippen molar-refractivity contribution in [3.8, 4) is 0 Å². The van der Waals surface area contributed by atoms with E-state index in [1.807, 2.05) is 30.3 Å². The zero-order valence-electron chi connectivity index (χ0n) is 8.44. The van der Waals surface area contributed by atoms with E-state index < -0.39 is 10.2 Å². The van der Waals surface area contributed by atoms with Crippen molar-refractivity contribution in [1.29, 1.82) is 0 Å². The standard InChI is InChI=1S/C11H13ClO2S/c1-14-10(13)11(12,15)8-7-9-5-3-2-4-6-9/h2-6,15H,7-8H2,1H3. The van der Waals surface area contributed by atoms with E-state index in [4.69, 9.17) is 11.6 Å². The summed E-state index contributed by atoms with van der Waals surface area (Å²) in [6.07, 6.45) is 1.14. The van der Waals surface area contributed by atoms with E-state index in [1.54, 1.807) is 0 Å². The van der Waals surface area contributed by atoms with Crippen LogP contribution in [0.15, 0.2) is 30.3 Å². The number of esters is 1. The van der Waals surface area contributed by atoms with Crippen molar-refractivity contribution in [2.45, 2.75) is 17.0 Å². The Morgan fingerprint density at radius 1 is 1.47 bits per heavy atom. The zero-order chi connectivity index (χ0) is 11.3. The quantitative estimate of drug-likeness (QED) is 0.501. The van der Waals surface area contributed by atoms with E-state index in [0.717, 1.165) is 5.56 Å². The van der Waals surface area contributed by atoms with Gasteiger partial charge in [0.05, 0.1) is 7.11 Å². The third-order valence-electron chi connectivity index (χ3n) is 2.09. The van der Waals surface area contributed by atoms with Gasteiger partial charge in [0, 0.05) is 0 Å². The monoisotopic (exact) mass is 244 g/mol. The molecule has 0 aliphatic carbocycles. The molecule has 0 aliphatic rings. The molecule has 1 aromatic carbocycles. The van der Waals surface area contributed by atoms with Gasteiger partial charge in [-0.3, -0.25) is 0 Å². The van der Waals surface area contributed by atoms with Crippen LogP contribution < -0.4 is 0 Å². The summed E-state index contributed by atoms with van der Waals surface area (Å²) in [5.41, 5.74) is 1.13. The van der Waals surface area contributed by atoms with E-state index in [-0.39, 0.29) is 0 Å². The highest BCUT2D eigenvalue weighted by Gasteiger charge is 2.32. The molecule has 0 fully saturated rings. The summed E-state index contributed by atoms with van der Waals surface area (Å²) in [5, 5.41) is 0. The van der Waals surface area contributed by atoms with Crippen molar-refractivity contribution < 1.29 is 9.53 Å². The molecule has 1 aromatic rings. The van der Waals surface area contributed by atoms with Crippen LogP contribution in [0.25, 0.3) is 0 Å². The fourth-order valence-electron chi connectivity index (χ4n) is 1.21. The predicted molar refractivity (Wildman–Crippen MR) is 64.3 cm³/mol. The van der Waals surface area contributed by atoms with Gasteiger partial charge < -0.3 is 4.74 Å². The fourth-order valence-corrected chi connectivity index (χ4v) is 1.59. The molecule has 2 nitrogen and oxygen atoms in total. The summed E-state index contributed by atoms with van der Waals surface area (Å²) in [6.45, 7) is 0. The van der Waals surface area contributed by atoms with Crippen LogP contribution in [0.2, 0.25) is 0 Å². The van der Waals surface area contributed by atoms with Gasteiger partial charge in [0.15, 0.2) is 4.21 Å². The van der Waals surface area contributed by atoms with E-state index in [0.29, 0.717) is 12.8 Å². The van der Waals surface area contributed by atoms with Gasteiger partial charge in [-0.1, -0.05) is 41.9 Å². The van der Waals surface area contributed by atoms with Gasteiger partial charge in [-0.15, -0.1) is 12.6 Å². The molecule has 0 saturated heterocycles. The van der Waals surface area contributed by atoms with Gasteiger partial charge in [-0.2, -0.15) is 0 Å². The Morgan fingerprint density at radius 3 is 2.60 bits per heavy atom. The second-order valence-corrected chi connectivity index (χ2v) is 4.91. The van der Waals surface area contributed by atoms with Crippen LogP contribution in [-0.2, 0) is 16.0 Å². The molecule has 0 saturated carbocycles. The van der Waals surface area contributed by atoms with E-state index in [1.165, 1.54) is 7.11 Å². The van der Waals surface area contributed by atoms with Crippen LogP contribution in [0.3, 0.4) is 0 Å². The number of benzene rings is 1. The highest BCUT2D eigenvalue weighted by atomic mass is 35.5. The molecule has 0 heterocycles. The average molecular weight is 245 g/mol. The van der Waals surface area contributed by atoms with Gasteiger partial charge in [0.25, 0.3) is 0 Å².